The molecule has 1 saturated carbocycles. The second kappa shape index (κ2) is 3.30. The fraction of sp³-hybridized carbons (Fsp3) is 0.455. The second-order valence-corrected chi connectivity index (χ2v) is 6.45. The van der Waals surface area contributed by atoms with Gasteiger partial charge in [-0.15, -0.1) is 23.2 Å². The molecule has 4 atom stereocenters. The summed E-state index contributed by atoms with van der Waals surface area (Å²) in [4.78, 5) is 21.0. The lowest BCUT2D eigenvalue weighted by atomic mass is 9.61. The summed E-state index contributed by atoms with van der Waals surface area (Å²) in [6.07, 6.45) is 4.22. The molecule has 0 N–H and O–H groups in total. The Kier molecular flexibility index (Phi) is 2.33. The van der Waals surface area contributed by atoms with Crippen LogP contribution in [0.4, 0.5) is 0 Å². The first-order valence-corrected chi connectivity index (χ1v) is 6.57. The van der Waals surface area contributed by atoms with Crippen LogP contribution in [0.2, 0.25) is 0 Å². The molecule has 0 radical (unpaired) electrons. The normalized spacial score (nSPS) is 48.0. The maximum atomic E-state index is 12.0. The van der Waals surface area contributed by atoms with E-state index in [1.54, 1.807) is 6.08 Å². The summed E-state index contributed by atoms with van der Waals surface area (Å²) in [5, 5.41) is -0.00128. The van der Waals surface area contributed by atoms with Gasteiger partial charge in [0.25, 0.3) is 0 Å². The molecule has 0 heterocycles. The molecular weight excluding hydrogens is 306 g/mol. The van der Waals surface area contributed by atoms with E-state index < -0.39 is 21.3 Å². The molecule has 17 heavy (non-hydrogen) atoms. The van der Waals surface area contributed by atoms with E-state index in [0.29, 0.717) is 6.42 Å². The number of carbonyl (C=O) groups excluding carboxylic acids is 2. The van der Waals surface area contributed by atoms with E-state index in [1.807, 2.05) is 6.08 Å². The van der Waals surface area contributed by atoms with Crippen LogP contribution in [0, 0.1) is 11.8 Å². The standard InChI is InChI=1S/C11H6Cl4O2/c12-6-7(13)11(15)5-3-1-2-4(5)10(6,14)8(16)9(11)17/h1-2,4-5H,3H2. The maximum Gasteiger partial charge on any atom is 0.227 e. The number of carbonyl (C=O) groups is 2. The van der Waals surface area contributed by atoms with E-state index in [2.05, 4.69) is 0 Å². The quantitative estimate of drug-likeness (QED) is 0.391. The smallest absolute Gasteiger partial charge is 0.227 e. The van der Waals surface area contributed by atoms with Gasteiger partial charge < -0.3 is 0 Å². The van der Waals surface area contributed by atoms with Gasteiger partial charge in [-0.1, -0.05) is 35.4 Å². The molecule has 0 aliphatic heterocycles. The number of alkyl halides is 2. The van der Waals surface area contributed by atoms with Crippen LogP contribution in [0.5, 0.6) is 0 Å². The summed E-state index contributed by atoms with van der Waals surface area (Å²) >= 11 is 24.7. The van der Waals surface area contributed by atoms with E-state index in [4.69, 9.17) is 46.4 Å². The van der Waals surface area contributed by atoms with Gasteiger partial charge >= 0.3 is 0 Å². The average molecular weight is 312 g/mol. The Morgan fingerprint density at radius 1 is 1.06 bits per heavy atom. The Labute approximate surface area is 118 Å². The van der Waals surface area contributed by atoms with Crippen molar-refractivity contribution < 1.29 is 9.59 Å². The number of hydrogen-bond donors (Lipinski definition) is 0. The first-order valence-electron chi connectivity index (χ1n) is 5.06. The monoisotopic (exact) mass is 310 g/mol. The summed E-state index contributed by atoms with van der Waals surface area (Å²) in [7, 11) is 0. The lowest BCUT2D eigenvalue weighted by Gasteiger charge is -2.51. The van der Waals surface area contributed by atoms with Crippen LogP contribution in [0.25, 0.3) is 0 Å². The van der Waals surface area contributed by atoms with Crippen molar-refractivity contribution in [2.75, 3.05) is 0 Å². The van der Waals surface area contributed by atoms with Gasteiger partial charge in [-0.05, 0) is 6.42 Å². The highest BCUT2D eigenvalue weighted by Gasteiger charge is 2.72. The van der Waals surface area contributed by atoms with E-state index in [1.165, 1.54) is 0 Å². The molecule has 0 aromatic heterocycles. The molecular formula is C11H6Cl4O2. The third-order valence-electron chi connectivity index (χ3n) is 3.84. The van der Waals surface area contributed by atoms with Crippen molar-refractivity contribution >= 4 is 58.0 Å². The molecule has 0 spiro atoms. The molecule has 6 heteroatoms. The first-order chi connectivity index (χ1) is 7.86. The highest BCUT2D eigenvalue weighted by atomic mass is 35.5. The Balaban J connectivity index is 2.37. The summed E-state index contributed by atoms with van der Waals surface area (Å²) in [5.74, 6) is -2.14. The molecule has 4 aliphatic rings. The topological polar surface area (TPSA) is 34.1 Å². The number of fused-ring (bicyclic) bond motifs is 1. The summed E-state index contributed by atoms with van der Waals surface area (Å²) in [6.45, 7) is 0. The molecule has 4 rings (SSSR count). The molecule has 4 unspecified atom stereocenters. The zero-order valence-electron chi connectivity index (χ0n) is 8.34. The number of halogens is 4. The van der Waals surface area contributed by atoms with Crippen molar-refractivity contribution in [1.29, 1.82) is 0 Å². The highest BCUT2D eigenvalue weighted by molar-refractivity contribution is 6.70. The molecule has 0 saturated heterocycles. The Hall–Kier alpha value is -0.0200. The van der Waals surface area contributed by atoms with Gasteiger partial charge in [-0.3, -0.25) is 9.59 Å². The number of rotatable bonds is 0. The van der Waals surface area contributed by atoms with Crippen molar-refractivity contribution in [2.45, 2.75) is 16.2 Å². The van der Waals surface area contributed by atoms with E-state index in [-0.39, 0.29) is 21.9 Å². The number of ketones is 2. The lowest BCUT2D eigenvalue weighted by Crippen LogP contribution is -2.66. The molecule has 4 aliphatic carbocycles. The minimum Gasteiger partial charge on any atom is -0.288 e. The van der Waals surface area contributed by atoms with Crippen LogP contribution >= 0.6 is 46.4 Å². The predicted molar refractivity (Wildman–Crippen MR) is 66.7 cm³/mol. The predicted octanol–water partition coefficient (Wildman–Crippen LogP) is 2.99. The number of Topliss-reactive ketones (excluding diaryl/α,β-unsaturated/α-hetero) is 2. The van der Waals surface area contributed by atoms with Crippen LogP contribution in [-0.2, 0) is 9.59 Å². The van der Waals surface area contributed by atoms with E-state index in [9.17, 15) is 9.59 Å². The van der Waals surface area contributed by atoms with Crippen molar-refractivity contribution in [1.82, 2.24) is 0 Å². The largest absolute Gasteiger partial charge is 0.288 e. The lowest BCUT2D eigenvalue weighted by molar-refractivity contribution is -0.143. The highest BCUT2D eigenvalue weighted by Crippen LogP contribution is 2.63. The van der Waals surface area contributed by atoms with Gasteiger partial charge in [0.2, 0.25) is 11.6 Å². The van der Waals surface area contributed by atoms with Crippen LogP contribution in [0.1, 0.15) is 6.42 Å². The molecule has 0 aromatic carbocycles. The first kappa shape index (κ1) is 12.0. The van der Waals surface area contributed by atoms with Crippen molar-refractivity contribution in [3.05, 3.63) is 22.2 Å². The fourth-order valence-electron chi connectivity index (χ4n) is 2.95. The zero-order valence-corrected chi connectivity index (χ0v) is 11.4. The second-order valence-electron chi connectivity index (χ2n) is 4.51. The molecule has 2 bridgehead atoms. The summed E-state index contributed by atoms with van der Waals surface area (Å²) in [6, 6.07) is 0. The van der Waals surface area contributed by atoms with Crippen molar-refractivity contribution in [2.24, 2.45) is 11.8 Å². The Bertz CT molecular complexity index is 524. The van der Waals surface area contributed by atoms with Gasteiger partial charge in [-0.25, -0.2) is 0 Å². The van der Waals surface area contributed by atoms with Crippen LogP contribution in [0.15, 0.2) is 22.2 Å². The summed E-state index contributed by atoms with van der Waals surface area (Å²) < 4.78 is 0. The van der Waals surface area contributed by atoms with Gasteiger partial charge in [-0.2, -0.15) is 0 Å². The third-order valence-corrected chi connectivity index (χ3v) is 6.35. The zero-order chi connectivity index (χ0) is 12.6. The Morgan fingerprint density at radius 2 is 1.59 bits per heavy atom. The SMILES string of the molecule is O=C1C(=O)C2(Cl)C(Cl)=C(Cl)C1(Cl)C1C=CCC12. The van der Waals surface area contributed by atoms with Gasteiger partial charge in [0.05, 0.1) is 10.1 Å². The maximum absolute atomic E-state index is 12.0. The average Bonchev–Trinajstić information content (AvgIpc) is 2.80. The molecule has 1 fully saturated rings. The third kappa shape index (κ3) is 1.07. The minimum absolute atomic E-state index is 0.00498. The molecule has 90 valence electrons. The van der Waals surface area contributed by atoms with Crippen molar-refractivity contribution in [3.63, 3.8) is 0 Å². The Morgan fingerprint density at radius 3 is 2.24 bits per heavy atom. The van der Waals surface area contributed by atoms with Gasteiger partial charge in [0, 0.05) is 11.8 Å². The van der Waals surface area contributed by atoms with Gasteiger partial charge in [0.1, 0.15) is 0 Å². The fourth-order valence-corrected chi connectivity index (χ4v) is 4.59. The van der Waals surface area contributed by atoms with Crippen LogP contribution in [-0.4, -0.2) is 21.3 Å². The van der Waals surface area contributed by atoms with E-state index in [0.717, 1.165) is 0 Å². The number of allylic oxidation sites excluding steroid dienone is 4. The van der Waals surface area contributed by atoms with E-state index >= 15 is 0 Å². The van der Waals surface area contributed by atoms with Crippen molar-refractivity contribution in [3.8, 4) is 0 Å². The molecule has 0 amide bonds. The van der Waals surface area contributed by atoms with Gasteiger partial charge in [0.15, 0.2) is 9.75 Å². The molecule has 0 aromatic rings. The van der Waals surface area contributed by atoms with Crippen LogP contribution < -0.4 is 0 Å². The summed E-state index contributed by atoms with van der Waals surface area (Å²) in [5.41, 5.74) is 0. The number of hydrogen-bond acceptors (Lipinski definition) is 2. The van der Waals surface area contributed by atoms with Crippen LogP contribution in [0.3, 0.4) is 0 Å². The molecule has 2 nitrogen and oxygen atoms in total. The minimum atomic E-state index is -1.55.